The maximum Gasteiger partial charge on any atom is 0.168 e. The van der Waals surface area contributed by atoms with E-state index in [2.05, 4.69) is 9.97 Å². The summed E-state index contributed by atoms with van der Waals surface area (Å²) in [5, 5.41) is 0. The Kier molecular flexibility index (Phi) is 2.32. The van der Waals surface area contributed by atoms with E-state index in [0.29, 0.717) is 12.0 Å². The van der Waals surface area contributed by atoms with Gasteiger partial charge in [0.15, 0.2) is 6.29 Å². The van der Waals surface area contributed by atoms with Gasteiger partial charge in [-0.15, -0.1) is 0 Å². The Hall–Kier alpha value is -2.03. The van der Waals surface area contributed by atoms with E-state index in [9.17, 15) is 4.79 Å². The summed E-state index contributed by atoms with van der Waals surface area (Å²) in [6.07, 6.45) is 2.11. The highest BCUT2D eigenvalue weighted by atomic mass is 16.1. The summed E-state index contributed by atoms with van der Waals surface area (Å²) in [4.78, 5) is 18.4. The van der Waals surface area contributed by atoms with Crippen LogP contribution in [0.25, 0.3) is 11.3 Å². The molecule has 3 heteroatoms. The number of aldehydes is 1. The number of aromatic nitrogens is 2. The van der Waals surface area contributed by atoms with Gasteiger partial charge in [0.25, 0.3) is 0 Å². The Morgan fingerprint density at radius 3 is 2.57 bits per heavy atom. The van der Waals surface area contributed by atoms with Crippen LogP contribution in [0.3, 0.4) is 0 Å². The lowest BCUT2D eigenvalue weighted by molar-refractivity contribution is 0.111. The van der Waals surface area contributed by atoms with E-state index in [1.165, 1.54) is 6.33 Å². The van der Waals surface area contributed by atoms with Crippen molar-refractivity contribution < 1.29 is 4.79 Å². The van der Waals surface area contributed by atoms with E-state index in [1.54, 1.807) is 6.07 Å². The van der Waals surface area contributed by atoms with Crippen LogP contribution >= 0.6 is 0 Å². The van der Waals surface area contributed by atoms with Gasteiger partial charge in [0.05, 0.1) is 5.69 Å². The first-order valence-electron chi connectivity index (χ1n) is 4.23. The molecule has 2 aromatic rings. The minimum atomic E-state index is 0.402. The second-order valence-corrected chi connectivity index (χ2v) is 2.81. The van der Waals surface area contributed by atoms with Crippen molar-refractivity contribution in [3.63, 3.8) is 0 Å². The summed E-state index contributed by atoms with van der Waals surface area (Å²) in [5.41, 5.74) is 2.15. The first-order chi connectivity index (χ1) is 6.90. The summed E-state index contributed by atoms with van der Waals surface area (Å²) in [6.45, 7) is 0. The van der Waals surface area contributed by atoms with Gasteiger partial charge in [-0.2, -0.15) is 0 Å². The highest BCUT2D eigenvalue weighted by molar-refractivity contribution is 5.74. The molecule has 1 heterocycles. The molecule has 0 aliphatic carbocycles. The second-order valence-electron chi connectivity index (χ2n) is 2.81. The van der Waals surface area contributed by atoms with Crippen molar-refractivity contribution in [2.24, 2.45) is 0 Å². The lowest BCUT2D eigenvalue weighted by Gasteiger charge is -1.99. The lowest BCUT2D eigenvalue weighted by Crippen LogP contribution is -1.90. The van der Waals surface area contributed by atoms with Crippen LogP contribution in [0.1, 0.15) is 10.5 Å². The quantitative estimate of drug-likeness (QED) is 0.670. The third-order valence-electron chi connectivity index (χ3n) is 1.88. The predicted octanol–water partition coefficient (Wildman–Crippen LogP) is 1.96. The number of hydrogen-bond acceptors (Lipinski definition) is 3. The largest absolute Gasteiger partial charge is 0.296 e. The third kappa shape index (κ3) is 1.66. The summed E-state index contributed by atoms with van der Waals surface area (Å²) >= 11 is 0. The van der Waals surface area contributed by atoms with Crippen LogP contribution in [-0.2, 0) is 0 Å². The number of benzene rings is 1. The normalized spacial score (nSPS) is 9.71. The van der Waals surface area contributed by atoms with Crippen molar-refractivity contribution >= 4 is 6.29 Å². The number of hydrogen-bond donors (Lipinski definition) is 0. The van der Waals surface area contributed by atoms with Gasteiger partial charge in [-0.05, 0) is 6.07 Å². The van der Waals surface area contributed by atoms with Gasteiger partial charge in [0, 0.05) is 5.56 Å². The fourth-order valence-electron chi connectivity index (χ4n) is 1.20. The summed E-state index contributed by atoms with van der Waals surface area (Å²) in [7, 11) is 0. The van der Waals surface area contributed by atoms with Crippen LogP contribution < -0.4 is 0 Å². The third-order valence-corrected chi connectivity index (χ3v) is 1.88. The van der Waals surface area contributed by atoms with E-state index >= 15 is 0 Å². The second kappa shape index (κ2) is 3.79. The van der Waals surface area contributed by atoms with Crippen LogP contribution in [0.15, 0.2) is 42.7 Å². The molecule has 0 saturated heterocycles. The molecule has 68 valence electrons. The minimum Gasteiger partial charge on any atom is -0.296 e. The Balaban J connectivity index is 2.47. The average molecular weight is 184 g/mol. The van der Waals surface area contributed by atoms with Crippen molar-refractivity contribution in [1.29, 1.82) is 0 Å². The molecule has 14 heavy (non-hydrogen) atoms. The van der Waals surface area contributed by atoms with Crippen molar-refractivity contribution in [1.82, 2.24) is 9.97 Å². The lowest BCUT2D eigenvalue weighted by atomic mass is 10.1. The molecular weight excluding hydrogens is 176 g/mol. The van der Waals surface area contributed by atoms with Gasteiger partial charge in [0.2, 0.25) is 0 Å². The van der Waals surface area contributed by atoms with E-state index in [1.807, 2.05) is 30.3 Å². The first kappa shape index (κ1) is 8.56. The highest BCUT2D eigenvalue weighted by Crippen LogP contribution is 2.15. The molecule has 0 spiro atoms. The van der Waals surface area contributed by atoms with Gasteiger partial charge < -0.3 is 0 Å². The monoisotopic (exact) mass is 184 g/mol. The molecule has 2 rings (SSSR count). The molecule has 3 nitrogen and oxygen atoms in total. The average Bonchev–Trinajstić information content (AvgIpc) is 2.30. The molecule has 0 aliphatic rings. The Labute approximate surface area is 81.5 Å². The zero-order chi connectivity index (χ0) is 9.80. The molecule has 0 fully saturated rings. The van der Waals surface area contributed by atoms with Crippen LogP contribution in [0.2, 0.25) is 0 Å². The first-order valence-corrected chi connectivity index (χ1v) is 4.23. The fourth-order valence-corrected chi connectivity index (χ4v) is 1.20. The minimum absolute atomic E-state index is 0.402. The zero-order valence-corrected chi connectivity index (χ0v) is 7.42. The molecule has 0 atom stereocenters. The van der Waals surface area contributed by atoms with Gasteiger partial charge in [-0.3, -0.25) is 4.79 Å². The van der Waals surface area contributed by atoms with Gasteiger partial charge in [0.1, 0.15) is 12.0 Å². The molecule has 0 saturated carbocycles. The van der Waals surface area contributed by atoms with Crippen molar-refractivity contribution in [2.75, 3.05) is 0 Å². The molecule has 1 aromatic heterocycles. The number of carbonyl (C=O) groups excluding carboxylic acids is 1. The molecule has 0 aliphatic heterocycles. The fraction of sp³-hybridized carbons (Fsp3) is 0. The SMILES string of the molecule is O=Cc1cc(-c2ccccc2)ncn1. The highest BCUT2D eigenvalue weighted by Gasteiger charge is 1.99. The smallest absolute Gasteiger partial charge is 0.168 e. The van der Waals surface area contributed by atoms with Crippen LogP contribution in [0.5, 0.6) is 0 Å². The van der Waals surface area contributed by atoms with Gasteiger partial charge >= 0.3 is 0 Å². The topological polar surface area (TPSA) is 42.9 Å². The maximum atomic E-state index is 10.5. The number of carbonyl (C=O) groups is 1. The zero-order valence-electron chi connectivity index (χ0n) is 7.42. The molecule has 0 N–H and O–H groups in total. The Bertz CT molecular complexity index is 440. The maximum absolute atomic E-state index is 10.5. The predicted molar refractivity (Wildman–Crippen MR) is 52.9 cm³/mol. The Morgan fingerprint density at radius 2 is 1.86 bits per heavy atom. The standard InChI is InChI=1S/C11H8N2O/c14-7-10-6-11(13-8-12-10)9-4-2-1-3-5-9/h1-8H. The molecule has 1 aromatic carbocycles. The molecule has 0 bridgehead atoms. The van der Waals surface area contributed by atoms with Gasteiger partial charge in [-0.25, -0.2) is 9.97 Å². The van der Waals surface area contributed by atoms with E-state index in [0.717, 1.165) is 11.3 Å². The van der Waals surface area contributed by atoms with E-state index in [-0.39, 0.29) is 0 Å². The molecular formula is C11H8N2O. The van der Waals surface area contributed by atoms with E-state index in [4.69, 9.17) is 0 Å². The van der Waals surface area contributed by atoms with Crippen LogP contribution in [0.4, 0.5) is 0 Å². The van der Waals surface area contributed by atoms with E-state index < -0.39 is 0 Å². The van der Waals surface area contributed by atoms with Crippen molar-refractivity contribution in [2.45, 2.75) is 0 Å². The molecule has 0 radical (unpaired) electrons. The van der Waals surface area contributed by atoms with Gasteiger partial charge in [-0.1, -0.05) is 30.3 Å². The molecule has 0 unspecified atom stereocenters. The van der Waals surface area contributed by atoms with Crippen molar-refractivity contribution in [3.05, 3.63) is 48.4 Å². The number of rotatable bonds is 2. The number of nitrogens with zero attached hydrogens (tertiary/aromatic N) is 2. The summed E-state index contributed by atoms with van der Waals surface area (Å²) in [6, 6.07) is 11.3. The Morgan fingerprint density at radius 1 is 1.07 bits per heavy atom. The van der Waals surface area contributed by atoms with Crippen molar-refractivity contribution in [3.8, 4) is 11.3 Å². The van der Waals surface area contributed by atoms with Crippen LogP contribution in [0, 0.1) is 0 Å². The molecule has 0 amide bonds. The van der Waals surface area contributed by atoms with Crippen LogP contribution in [-0.4, -0.2) is 16.3 Å². The summed E-state index contributed by atoms with van der Waals surface area (Å²) in [5.74, 6) is 0. The summed E-state index contributed by atoms with van der Waals surface area (Å²) < 4.78 is 0.